The first-order valence-corrected chi connectivity index (χ1v) is 5.91. The fourth-order valence-electron chi connectivity index (χ4n) is 2.74. The van der Waals surface area contributed by atoms with Crippen LogP contribution in [0.3, 0.4) is 0 Å². The first-order valence-electron chi connectivity index (χ1n) is 5.91. The lowest BCUT2D eigenvalue weighted by molar-refractivity contribution is -0.139. The van der Waals surface area contributed by atoms with Crippen molar-refractivity contribution < 1.29 is 14.7 Å². The van der Waals surface area contributed by atoms with Crippen LogP contribution in [0.25, 0.3) is 0 Å². The molecule has 0 aromatic carbocycles. The van der Waals surface area contributed by atoms with Crippen molar-refractivity contribution in [2.45, 2.75) is 44.7 Å². The van der Waals surface area contributed by atoms with Crippen molar-refractivity contribution in [1.82, 2.24) is 10.2 Å². The average molecular weight is 226 g/mol. The molecule has 1 aliphatic heterocycles. The maximum absolute atomic E-state index is 11.9. The number of urea groups is 1. The van der Waals surface area contributed by atoms with Crippen molar-refractivity contribution in [2.24, 2.45) is 5.92 Å². The molecule has 5 nitrogen and oxygen atoms in total. The summed E-state index contributed by atoms with van der Waals surface area (Å²) < 4.78 is 0. The molecule has 2 aliphatic rings. The largest absolute Gasteiger partial charge is 0.480 e. The van der Waals surface area contributed by atoms with E-state index in [-0.39, 0.29) is 6.03 Å². The second kappa shape index (κ2) is 4.31. The predicted molar refractivity (Wildman–Crippen MR) is 58.1 cm³/mol. The van der Waals surface area contributed by atoms with E-state index in [2.05, 4.69) is 5.32 Å². The number of carboxylic acids is 1. The van der Waals surface area contributed by atoms with Gasteiger partial charge in [-0.3, -0.25) is 0 Å². The number of rotatable bonds is 3. The molecule has 2 unspecified atom stereocenters. The van der Waals surface area contributed by atoms with Gasteiger partial charge >= 0.3 is 12.0 Å². The normalized spacial score (nSPS) is 29.2. The summed E-state index contributed by atoms with van der Waals surface area (Å²) >= 11 is 0. The van der Waals surface area contributed by atoms with Gasteiger partial charge in [0.25, 0.3) is 0 Å². The molecular weight excluding hydrogens is 208 g/mol. The number of nitrogens with zero attached hydrogens (tertiary/aromatic N) is 1. The summed E-state index contributed by atoms with van der Waals surface area (Å²) in [6.07, 6.45) is 3.80. The number of hydrogen-bond acceptors (Lipinski definition) is 2. The summed E-state index contributed by atoms with van der Waals surface area (Å²) in [7, 11) is 0. The zero-order chi connectivity index (χ0) is 11.7. The van der Waals surface area contributed by atoms with E-state index in [9.17, 15) is 9.59 Å². The molecule has 5 heteroatoms. The summed E-state index contributed by atoms with van der Waals surface area (Å²) in [5.74, 6) is -0.319. The summed E-state index contributed by atoms with van der Waals surface area (Å²) in [6, 6.07) is -0.621. The van der Waals surface area contributed by atoms with Crippen LogP contribution in [0.1, 0.15) is 32.6 Å². The summed E-state index contributed by atoms with van der Waals surface area (Å²) in [4.78, 5) is 24.5. The monoisotopic (exact) mass is 226 g/mol. The van der Waals surface area contributed by atoms with Gasteiger partial charge in [-0.15, -0.1) is 0 Å². The van der Waals surface area contributed by atoms with E-state index in [0.29, 0.717) is 18.4 Å². The Morgan fingerprint density at radius 2 is 2.25 bits per heavy atom. The fourth-order valence-corrected chi connectivity index (χ4v) is 2.74. The summed E-state index contributed by atoms with van der Waals surface area (Å²) in [5, 5.41) is 11.4. The smallest absolute Gasteiger partial charge is 0.326 e. The first kappa shape index (κ1) is 11.2. The van der Waals surface area contributed by atoms with Gasteiger partial charge < -0.3 is 15.3 Å². The molecule has 2 amide bonds. The van der Waals surface area contributed by atoms with Gasteiger partial charge in [0.05, 0.1) is 0 Å². The van der Waals surface area contributed by atoms with Gasteiger partial charge in [-0.2, -0.15) is 0 Å². The van der Waals surface area contributed by atoms with E-state index < -0.39 is 12.0 Å². The van der Waals surface area contributed by atoms with E-state index in [1.165, 1.54) is 6.42 Å². The van der Waals surface area contributed by atoms with Crippen molar-refractivity contribution in [1.29, 1.82) is 0 Å². The molecule has 0 aromatic rings. The number of fused-ring (bicyclic) bond motifs is 2. The van der Waals surface area contributed by atoms with Gasteiger partial charge in [-0.25, -0.2) is 9.59 Å². The van der Waals surface area contributed by atoms with Crippen LogP contribution in [0.2, 0.25) is 0 Å². The van der Waals surface area contributed by atoms with Crippen molar-refractivity contribution in [3.8, 4) is 0 Å². The number of aliphatic carboxylic acids is 1. The van der Waals surface area contributed by atoms with E-state index in [1.807, 2.05) is 0 Å². The molecule has 1 heterocycles. The number of likely N-dealkylation sites (tertiary alicyclic amines) is 1. The summed E-state index contributed by atoms with van der Waals surface area (Å²) in [5.41, 5.74) is 0. The molecule has 16 heavy (non-hydrogen) atoms. The SMILES string of the molecule is CC[C@H](NC(=O)N1CC2CCC1C2)C(=O)O. The molecule has 2 fully saturated rings. The molecule has 0 aromatic heterocycles. The third-order valence-electron chi connectivity index (χ3n) is 3.67. The van der Waals surface area contributed by atoms with Gasteiger partial charge in [0.15, 0.2) is 0 Å². The number of hydrogen-bond donors (Lipinski definition) is 2. The lowest BCUT2D eigenvalue weighted by atomic mass is 10.1. The minimum absolute atomic E-state index is 0.207. The minimum atomic E-state index is -0.958. The number of carbonyl (C=O) groups excluding carboxylic acids is 1. The second-order valence-corrected chi connectivity index (χ2v) is 4.73. The number of piperidine rings is 1. The van der Waals surface area contributed by atoms with Crippen molar-refractivity contribution in [3.05, 3.63) is 0 Å². The molecule has 2 rings (SSSR count). The number of carboxylic acid groups (broad SMARTS) is 1. The van der Waals surface area contributed by atoms with Gasteiger partial charge in [-0.05, 0) is 31.6 Å². The van der Waals surface area contributed by atoms with E-state index in [1.54, 1.807) is 11.8 Å². The molecule has 0 spiro atoms. The van der Waals surface area contributed by atoms with Crippen LogP contribution in [0.5, 0.6) is 0 Å². The van der Waals surface area contributed by atoms with Gasteiger partial charge in [0, 0.05) is 12.6 Å². The molecule has 0 radical (unpaired) electrons. The van der Waals surface area contributed by atoms with Gasteiger partial charge in [0.2, 0.25) is 0 Å². The Labute approximate surface area is 94.8 Å². The minimum Gasteiger partial charge on any atom is -0.480 e. The quantitative estimate of drug-likeness (QED) is 0.755. The molecular formula is C11H18N2O3. The Morgan fingerprint density at radius 1 is 1.50 bits per heavy atom. The molecule has 1 saturated carbocycles. The Balaban J connectivity index is 1.90. The highest BCUT2D eigenvalue weighted by atomic mass is 16.4. The Hall–Kier alpha value is -1.26. The van der Waals surface area contributed by atoms with E-state index in [4.69, 9.17) is 5.11 Å². The maximum Gasteiger partial charge on any atom is 0.326 e. The van der Waals surface area contributed by atoms with Crippen LogP contribution in [0.15, 0.2) is 0 Å². The van der Waals surface area contributed by atoms with Crippen LogP contribution in [-0.4, -0.2) is 40.6 Å². The maximum atomic E-state index is 11.9. The Kier molecular flexibility index (Phi) is 3.03. The number of nitrogens with one attached hydrogen (secondary N) is 1. The molecule has 1 saturated heterocycles. The molecule has 2 bridgehead atoms. The van der Waals surface area contributed by atoms with Gasteiger partial charge in [0.1, 0.15) is 6.04 Å². The lowest BCUT2D eigenvalue weighted by Gasteiger charge is -2.28. The topological polar surface area (TPSA) is 69.6 Å². The van der Waals surface area contributed by atoms with Crippen molar-refractivity contribution in [2.75, 3.05) is 6.54 Å². The van der Waals surface area contributed by atoms with Crippen LogP contribution >= 0.6 is 0 Å². The highest BCUT2D eigenvalue weighted by molar-refractivity contribution is 5.82. The van der Waals surface area contributed by atoms with Crippen LogP contribution in [0.4, 0.5) is 4.79 Å². The van der Waals surface area contributed by atoms with Crippen LogP contribution in [-0.2, 0) is 4.79 Å². The Bertz CT molecular complexity index is 306. The average Bonchev–Trinajstić information content (AvgIpc) is 2.86. The highest BCUT2D eigenvalue weighted by Gasteiger charge is 2.40. The van der Waals surface area contributed by atoms with Crippen LogP contribution in [0, 0.1) is 5.92 Å². The zero-order valence-corrected chi connectivity index (χ0v) is 9.48. The molecule has 90 valence electrons. The van der Waals surface area contributed by atoms with Crippen molar-refractivity contribution >= 4 is 12.0 Å². The standard InChI is InChI=1S/C11H18N2O3/c1-2-9(10(14)15)12-11(16)13-6-7-3-4-8(13)5-7/h7-9H,2-6H2,1H3,(H,12,16)(H,14,15)/t7?,8?,9-/m0/s1. The lowest BCUT2D eigenvalue weighted by Crippen LogP contribution is -2.50. The van der Waals surface area contributed by atoms with E-state index in [0.717, 1.165) is 19.4 Å². The molecule has 2 N–H and O–H groups in total. The number of carbonyl (C=O) groups is 2. The van der Waals surface area contributed by atoms with Crippen molar-refractivity contribution in [3.63, 3.8) is 0 Å². The summed E-state index contributed by atoms with van der Waals surface area (Å²) in [6.45, 7) is 2.56. The first-order chi connectivity index (χ1) is 7.61. The van der Waals surface area contributed by atoms with Crippen LogP contribution < -0.4 is 5.32 Å². The third-order valence-corrected chi connectivity index (χ3v) is 3.67. The Morgan fingerprint density at radius 3 is 2.69 bits per heavy atom. The predicted octanol–water partition coefficient (Wildman–Crippen LogP) is 1.04. The highest BCUT2D eigenvalue weighted by Crippen LogP contribution is 2.37. The molecule has 3 atom stereocenters. The zero-order valence-electron chi connectivity index (χ0n) is 9.48. The second-order valence-electron chi connectivity index (χ2n) is 4.73. The molecule has 1 aliphatic carbocycles. The third kappa shape index (κ3) is 1.99. The fraction of sp³-hybridized carbons (Fsp3) is 0.818. The van der Waals surface area contributed by atoms with Gasteiger partial charge in [-0.1, -0.05) is 6.92 Å². The van der Waals surface area contributed by atoms with E-state index >= 15 is 0 Å². The number of amides is 2.